The lowest BCUT2D eigenvalue weighted by molar-refractivity contribution is 0.363. The minimum Gasteiger partial charge on any atom is -0.486 e. The summed E-state index contributed by atoms with van der Waals surface area (Å²) in [6.07, 6.45) is 1.53. The number of hydrogen-bond acceptors (Lipinski definition) is 3. The van der Waals surface area contributed by atoms with Crippen LogP contribution in [0.4, 0.5) is 0 Å². The predicted molar refractivity (Wildman–Crippen MR) is 70.0 cm³/mol. The smallest absolute Gasteiger partial charge is 0.261 e. The van der Waals surface area contributed by atoms with Gasteiger partial charge in [0.15, 0.2) is 5.75 Å². The maximum atomic E-state index is 11.1. The summed E-state index contributed by atoms with van der Waals surface area (Å²) < 4.78 is 27.4. The Balaban J connectivity index is 3.11. The fraction of sp³-hybridized carbons (Fsp3) is 0.111. The van der Waals surface area contributed by atoms with E-state index in [1.807, 2.05) is 0 Å². The van der Waals surface area contributed by atoms with Crippen LogP contribution in [0.15, 0.2) is 28.6 Å². The van der Waals surface area contributed by atoms with Gasteiger partial charge in [-0.1, -0.05) is 34.8 Å². The molecule has 0 saturated heterocycles. The monoisotopic (exact) mass is 334 g/mol. The van der Waals surface area contributed by atoms with Crippen molar-refractivity contribution < 1.29 is 13.2 Å². The molecular weight excluding hydrogens is 330 g/mol. The van der Waals surface area contributed by atoms with E-state index in [2.05, 4.69) is 0 Å². The van der Waals surface area contributed by atoms with E-state index in [0.717, 1.165) is 12.1 Å². The Morgan fingerprint density at radius 3 is 2.18 bits per heavy atom. The maximum absolute atomic E-state index is 11.1. The number of ether oxygens (including phenoxy) is 1. The fourth-order valence-electron chi connectivity index (χ4n) is 0.983. The molecule has 0 aliphatic heterocycles. The molecule has 1 rings (SSSR count). The SMILES string of the molecule is O=S(=O)(Cl)c1cc(Cl)c(OC/C=C/Cl)c(Cl)c1. The summed E-state index contributed by atoms with van der Waals surface area (Å²) in [7, 11) is 1.29. The summed E-state index contributed by atoms with van der Waals surface area (Å²) in [5.41, 5.74) is 1.28. The first-order chi connectivity index (χ1) is 7.86. The van der Waals surface area contributed by atoms with Gasteiger partial charge in [0.1, 0.15) is 6.61 Å². The molecule has 3 nitrogen and oxygen atoms in total. The highest BCUT2D eigenvalue weighted by molar-refractivity contribution is 8.13. The van der Waals surface area contributed by atoms with E-state index in [0.29, 0.717) is 0 Å². The maximum Gasteiger partial charge on any atom is 0.261 e. The molecule has 0 fully saturated rings. The zero-order valence-electron chi connectivity index (χ0n) is 8.16. The fourth-order valence-corrected chi connectivity index (χ4v) is 2.57. The van der Waals surface area contributed by atoms with Gasteiger partial charge >= 0.3 is 0 Å². The van der Waals surface area contributed by atoms with Gasteiger partial charge in [-0.25, -0.2) is 8.42 Å². The first-order valence-corrected chi connectivity index (χ1v) is 7.68. The van der Waals surface area contributed by atoms with Crippen molar-refractivity contribution >= 4 is 54.5 Å². The third-order valence-corrected chi connectivity index (χ3v) is 3.74. The van der Waals surface area contributed by atoms with E-state index in [1.165, 1.54) is 11.6 Å². The van der Waals surface area contributed by atoms with Crippen molar-refractivity contribution in [2.24, 2.45) is 0 Å². The second-order valence-electron chi connectivity index (χ2n) is 2.83. The Labute approximate surface area is 118 Å². The van der Waals surface area contributed by atoms with E-state index in [9.17, 15) is 8.42 Å². The summed E-state index contributed by atoms with van der Waals surface area (Å²) in [5.74, 6) is 0.173. The molecule has 0 heterocycles. The average molecular weight is 336 g/mol. The highest BCUT2D eigenvalue weighted by atomic mass is 35.7. The van der Waals surface area contributed by atoms with Crippen molar-refractivity contribution in [2.75, 3.05) is 6.61 Å². The first kappa shape index (κ1) is 14.9. The second kappa shape index (κ2) is 6.16. The normalized spacial score (nSPS) is 12.0. The van der Waals surface area contributed by atoms with Crippen LogP contribution < -0.4 is 4.74 Å². The van der Waals surface area contributed by atoms with Crippen molar-refractivity contribution in [3.8, 4) is 5.75 Å². The number of hydrogen-bond donors (Lipinski definition) is 0. The summed E-state index contributed by atoms with van der Waals surface area (Å²) in [4.78, 5) is -0.186. The third-order valence-electron chi connectivity index (χ3n) is 1.67. The van der Waals surface area contributed by atoms with Crippen molar-refractivity contribution in [1.82, 2.24) is 0 Å². The van der Waals surface area contributed by atoms with Gasteiger partial charge in [-0.2, -0.15) is 0 Å². The van der Waals surface area contributed by atoms with E-state index in [1.54, 1.807) is 0 Å². The highest BCUT2D eigenvalue weighted by Crippen LogP contribution is 2.36. The van der Waals surface area contributed by atoms with Crippen LogP contribution in [-0.2, 0) is 9.05 Å². The predicted octanol–water partition coefficient (Wildman–Crippen LogP) is 4.05. The zero-order valence-corrected chi connectivity index (χ0v) is 12.0. The van der Waals surface area contributed by atoms with Crippen molar-refractivity contribution in [3.05, 3.63) is 33.8 Å². The summed E-state index contributed by atoms with van der Waals surface area (Å²) in [5, 5.41) is 0.111. The molecule has 0 radical (unpaired) electrons. The molecule has 1 aromatic rings. The molecule has 1 aromatic carbocycles. The summed E-state index contributed by atoms with van der Waals surface area (Å²) in [6.45, 7) is 0.163. The van der Waals surface area contributed by atoms with Crippen LogP contribution >= 0.6 is 45.5 Å². The molecule has 0 saturated carbocycles. The van der Waals surface area contributed by atoms with E-state index >= 15 is 0 Å². The van der Waals surface area contributed by atoms with Crippen LogP contribution in [0.3, 0.4) is 0 Å². The van der Waals surface area contributed by atoms with E-state index in [-0.39, 0.29) is 27.3 Å². The van der Waals surface area contributed by atoms with E-state index < -0.39 is 9.05 Å². The van der Waals surface area contributed by atoms with Crippen LogP contribution in [0.25, 0.3) is 0 Å². The Hall–Kier alpha value is -0.130. The third kappa shape index (κ3) is 4.23. The van der Waals surface area contributed by atoms with Gasteiger partial charge in [0.05, 0.1) is 14.9 Å². The Kier molecular flexibility index (Phi) is 5.41. The van der Waals surface area contributed by atoms with Crippen LogP contribution in [0, 0.1) is 0 Å². The largest absolute Gasteiger partial charge is 0.486 e. The summed E-state index contributed by atoms with van der Waals surface area (Å²) in [6, 6.07) is 2.32. The van der Waals surface area contributed by atoms with Crippen molar-refractivity contribution in [3.63, 3.8) is 0 Å². The quantitative estimate of drug-likeness (QED) is 0.779. The molecule has 0 amide bonds. The van der Waals surface area contributed by atoms with Gasteiger partial charge in [0.2, 0.25) is 0 Å². The number of benzene rings is 1. The Bertz CT molecular complexity index is 516. The molecule has 8 heteroatoms. The lowest BCUT2D eigenvalue weighted by Gasteiger charge is -2.09. The van der Waals surface area contributed by atoms with Gasteiger partial charge in [0.25, 0.3) is 9.05 Å². The molecule has 0 spiro atoms. The van der Waals surface area contributed by atoms with Crippen molar-refractivity contribution in [1.29, 1.82) is 0 Å². The molecule has 0 bridgehead atoms. The molecular formula is C9H6Cl4O3S. The molecule has 0 aromatic heterocycles. The lowest BCUT2D eigenvalue weighted by Crippen LogP contribution is -1.97. The highest BCUT2D eigenvalue weighted by Gasteiger charge is 2.16. The van der Waals surface area contributed by atoms with Gasteiger partial charge < -0.3 is 4.74 Å². The Morgan fingerprint density at radius 2 is 1.76 bits per heavy atom. The molecule has 17 heavy (non-hydrogen) atoms. The second-order valence-corrected chi connectivity index (χ2v) is 6.46. The molecule has 94 valence electrons. The molecule has 0 atom stereocenters. The van der Waals surface area contributed by atoms with Crippen LogP contribution in [0.5, 0.6) is 5.75 Å². The molecule has 0 unspecified atom stereocenters. The molecule has 0 aliphatic rings. The number of halogens is 4. The van der Waals surface area contributed by atoms with Crippen LogP contribution in [0.2, 0.25) is 10.0 Å². The standard InChI is InChI=1S/C9H6Cl4O3S/c10-2-1-3-16-9-7(11)4-6(5-8(9)12)17(13,14)15/h1-2,4-5H,3H2/b2-1+. The Morgan fingerprint density at radius 1 is 1.24 bits per heavy atom. The van der Waals surface area contributed by atoms with Gasteiger partial charge in [0, 0.05) is 16.2 Å². The number of rotatable bonds is 4. The van der Waals surface area contributed by atoms with E-state index in [4.69, 9.17) is 50.2 Å². The minimum atomic E-state index is -3.88. The van der Waals surface area contributed by atoms with Gasteiger partial charge in [-0.05, 0) is 18.2 Å². The van der Waals surface area contributed by atoms with Crippen LogP contribution in [-0.4, -0.2) is 15.0 Å². The average Bonchev–Trinajstić information content (AvgIpc) is 2.20. The summed E-state index contributed by atoms with van der Waals surface area (Å²) >= 11 is 17.0. The molecule has 0 N–H and O–H groups in total. The van der Waals surface area contributed by atoms with Gasteiger partial charge in [-0.15, -0.1) is 0 Å². The first-order valence-electron chi connectivity index (χ1n) is 4.18. The van der Waals surface area contributed by atoms with Crippen LogP contribution in [0.1, 0.15) is 0 Å². The van der Waals surface area contributed by atoms with Crippen molar-refractivity contribution in [2.45, 2.75) is 4.90 Å². The zero-order chi connectivity index (χ0) is 13.1. The lowest BCUT2D eigenvalue weighted by atomic mass is 10.3. The van der Waals surface area contributed by atoms with Gasteiger partial charge in [-0.3, -0.25) is 0 Å². The topological polar surface area (TPSA) is 43.4 Å². The molecule has 0 aliphatic carbocycles. The minimum absolute atomic E-state index is 0.0553.